The zero-order chi connectivity index (χ0) is 12.0. The number of alkyl halides is 3. The number of pyridine rings is 1. The Balaban J connectivity index is 2.18. The van der Waals surface area contributed by atoms with E-state index >= 15 is 0 Å². The first-order chi connectivity index (χ1) is 7.28. The number of nitrogens with two attached hydrogens (primary N) is 1. The SMILES string of the molecule is CC1(N)CN(c2cccc(C(F)(F)F)n2)C1. The van der Waals surface area contributed by atoms with Gasteiger partial charge < -0.3 is 10.6 Å². The Labute approximate surface area is 91.1 Å². The molecule has 0 radical (unpaired) electrons. The van der Waals surface area contributed by atoms with Gasteiger partial charge in [-0.1, -0.05) is 6.07 Å². The summed E-state index contributed by atoms with van der Waals surface area (Å²) in [5, 5.41) is 0. The highest BCUT2D eigenvalue weighted by molar-refractivity contribution is 5.45. The summed E-state index contributed by atoms with van der Waals surface area (Å²) >= 11 is 0. The zero-order valence-electron chi connectivity index (χ0n) is 8.75. The monoisotopic (exact) mass is 231 g/mol. The van der Waals surface area contributed by atoms with Gasteiger partial charge in [-0.05, 0) is 19.1 Å². The summed E-state index contributed by atoms with van der Waals surface area (Å²) < 4.78 is 37.2. The minimum Gasteiger partial charge on any atom is -0.353 e. The molecule has 3 nitrogen and oxygen atoms in total. The Morgan fingerprint density at radius 3 is 2.50 bits per heavy atom. The van der Waals surface area contributed by atoms with Crippen LogP contribution in [-0.2, 0) is 6.18 Å². The maximum absolute atomic E-state index is 12.4. The van der Waals surface area contributed by atoms with E-state index < -0.39 is 11.9 Å². The molecule has 1 aliphatic rings. The summed E-state index contributed by atoms with van der Waals surface area (Å²) in [6, 6.07) is 3.88. The van der Waals surface area contributed by atoms with Gasteiger partial charge in [0.1, 0.15) is 11.5 Å². The average molecular weight is 231 g/mol. The lowest BCUT2D eigenvalue weighted by Crippen LogP contribution is -2.65. The number of anilines is 1. The fraction of sp³-hybridized carbons (Fsp3) is 0.500. The molecule has 0 spiro atoms. The fourth-order valence-corrected chi connectivity index (χ4v) is 1.74. The second-order valence-electron chi connectivity index (χ2n) is 4.39. The van der Waals surface area contributed by atoms with E-state index in [-0.39, 0.29) is 5.54 Å². The molecule has 6 heteroatoms. The summed E-state index contributed by atoms with van der Waals surface area (Å²) in [7, 11) is 0. The van der Waals surface area contributed by atoms with E-state index in [1.54, 1.807) is 11.0 Å². The predicted molar refractivity (Wildman–Crippen MR) is 54.0 cm³/mol. The molecule has 2 heterocycles. The van der Waals surface area contributed by atoms with Crippen molar-refractivity contribution in [2.45, 2.75) is 18.6 Å². The van der Waals surface area contributed by atoms with E-state index in [4.69, 9.17) is 5.73 Å². The molecule has 2 N–H and O–H groups in total. The first kappa shape index (κ1) is 11.2. The molecule has 1 saturated heterocycles. The third-order valence-electron chi connectivity index (χ3n) is 2.45. The Morgan fingerprint density at radius 1 is 1.38 bits per heavy atom. The molecule has 1 aromatic heterocycles. The lowest BCUT2D eigenvalue weighted by molar-refractivity contribution is -0.141. The molecular weight excluding hydrogens is 219 g/mol. The highest BCUT2D eigenvalue weighted by Crippen LogP contribution is 2.30. The maximum atomic E-state index is 12.4. The predicted octanol–water partition coefficient (Wildman–Crippen LogP) is 1.64. The minimum absolute atomic E-state index is 0.323. The molecule has 0 amide bonds. The number of rotatable bonds is 1. The molecule has 1 aliphatic heterocycles. The van der Waals surface area contributed by atoms with Gasteiger partial charge in [-0.25, -0.2) is 4.98 Å². The van der Waals surface area contributed by atoms with E-state index in [1.165, 1.54) is 6.07 Å². The summed E-state index contributed by atoms with van der Waals surface area (Å²) in [5.74, 6) is 0.331. The second kappa shape index (κ2) is 3.35. The Kier molecular flexibility index (Phi) is 2.34. The Hall–Kier alpha value is -1.30. The van der Waals surface area contributed by atoms with Gasteiger partial charge in [-0.2, -0.15) is 13.2 Å². The average Bonchev–Trinajstić information content (AvgIpc) is 2.13. The van der Waals surface area contributed by atoms with Gasteiger partial charge in [0.25, 0.3) is 0 Å². The molecule has 0 aliphatic carbocycles. The van der Waals surface area contributed by atoms with Crippen LogP contribution in [0, 0.1) is 0 Å². The van der Waals surface area contributed by atoms with Gasteiger partial charge in [-0.3, -0.25) is 0 Å². The number of nitrogens with zero attached hydrogens (tertiary/aromatic N) is 2. The largest absolute Gasteiger partial charge is 0.433 e. The van der Waals surface area contributed by atoms with Gasteiger partial charge >= 0.3 is 6.18 Å². The van der Waals surface area contributed by atoms with Crippen LogP contribution >= 0.6 is 0 Å². The number of hydrogen-bond donors (Lipinski definition) is 1. The van der Waals surface area contributed by atoms with Crippen LogP contribution in [0.3, 0.4) is 0 Å². The van der Waals surface area contributed by atoms with Crippen molar-refractivity contribution >= 4 is 5.82 Å². The van der Waals surface area contributed by atoms with Gasteiger partial charge in [0, 0.05) is 18.6 Å². The van der Waals surface area contributed by atoms with Crippen molar-refractivity contribution in [2.24, 2.45) is 5.73 Å². The van der Waals surface area contributed by atoms with Crippen molar-refractivity contribution in [2.75, 3.05) is 18.0 Å². The van der Waals surface area contributed by atoms with Crippen molar-refractivity contribution in [3.63, 3.8) is 0 Å². The molecule has 88 valence electrons. The van der Waals surface area contributed by atoms with Crippen LogP contribution in [0.15, 0.2) is 18.2 Å². The molecule has 1 aromatic rings. The van der Waals surface area contributed by atoms with Gasteiger partial charge in [0.2, 0.25) is 0 Å². The van der Waals surface area contributed by atoms with Crippen molar-refractivity contribution in [3.05, 3.63) is 23.9 Å². The molecule has 1 fully saturated rings. The maximum Gasteiger partial charge on any atom is 0.433 e. The molecule has 16 heavy (non-hydrogen) atoms. The van der Waals surface area contributed by atoms with E-state index in [1.807, 2.05) is 6.92 Å². The number of hydrogen-bond acceptors (Lipinski definition) is 3. The van der Waals surface area contributed by atoms with Gasteiger partial charge in [0.05, 0.1) is 0 Å². The summed E-state index contributed by atoms with van der Waals surface area (Å²) in [6.07, 6.45) is -4.40. The minimum atomic E-state index is -4.40. The van der Waals surface area contributed by atoms with Gasteiger partial charge in [0.15, 0.2) is 0 Å². The summed E-state index contributed by atoms with van der Waals surface area (Å²) in [4.78, 5) is 5.31. The van der Waals surface area contributed by atoms with Crippen molar-refractivity contribution in [1.29, 1.82) is 0 Å². The van der Waals surface area contributed by atoms with Crippen LogP contribution in [0.5, 0.6) is 0 Å². The van der Waals surface area contributed by atoms with Crippen LogP contribution < -0.4 is 10.6 Å². The van der Waals surface area contributed by atoms with Crippen LogP contribution in [0.2, 0.25) is 0 Å². The normalized spacial score (nSPS) is 19.4. The first-order valence-corrected chi connectivity index (χ1v) is 4.86. The third-order valence-corrected chi connectivity index (χ3v) is 2.45. The first-order valence-electron chi connectivity index (χ1n) is 4.86. The molecule has 0 bridgehead atoms. The van der Waals surface area contributed by atoms with Gasteiger partial charge in [-0.15, -0.1) is 0 Å². The Bertz CT molecular complexity index is 393. The van der Waals surface area contributed by atoms with Crippen molar-refractivity contribution in [1.82, 2.24) is 4.98 Å². The van der Waals surface area contributed by atoms with Crippen LogP contribution in [0.4, 0.5) is 19.0 Å². The number of aromatic nitrogens is 1. The zero-order valence-corrected chi connectivity index (χ0v) is 8.75. The van der Waals surface area contributed by atoms with E-state index in [2.05, 4.69) is 4.98 Å². The fourth-order valence-electron chi connectivity index (χ4n) is 1.74. The quantitative estimate of drug-likeness (QED) is 0.798. The number of halogens is 3. The highest BCUT2D eigenvalue weighted by Gasteiger charge is 2.37. The molecule has 0 atom stereocenters. The van der Waals surface area contributed by atoms with E-state index in [0.29, 0.717) is 18.9 Å². The van der Waals surface area contributed by atoms with Crippen LogP contribution in [0.1, 0.15) is 12.6 Å². The smallest absolute Gasteiger partial charge is 0.353 e. The second-order valence-corrected chi connectivity index (χ2v) is 4.39. The van der Waals surface area contributed by atoms with Crippen LogP contribution in [0.25, 0.3) is 0 Å². The molecule has 0 unspecified atom stereocenters. The Morgan fingerprint density at radius 2 is 2.00 bits per heavy atom. The van der Waals surface area contributed by atoms with Crippen molar-refractivity contribution < 1.29 is 13.2 Å². The lowest BCUT2D eigenvalue weighted by Gasteiger charge is -2.46. The molecule has 0 aromatic carbocycles. The molecule has 2 rings (SSSR count). The molecule has 0 saturated carbocycles. The highest BCUT2D eigenvalue weighted by atomic mass is 19.4. The lowest BCUT2D eigenvalue weighted by atomic mass is 9.94. The standard InChI is InChI=1S/C10H12F3N3/c1-9(14)5-16(6-9)8-4-2-3-7(15-8)10(11,12)13/h2-4H,5-6,14H2,1H3. The topological polar surface area (TPSA) is 42.1 Å². The van der Waals surface area contributed by atoms with Crippen molar-refractivity contribution in [3.8, 4) is 0 Å². The molecular formula is C10H12F3N3. The summed E-state index contributed by atoms with van der Waals surface area (Å²) in [6.45, 7) is 2.92. The summed E-state index contributed by atoms with van der Waals surface area (Å²) in [5.41, 5.74) is 4.59. The van der Waals surface area contributed by atoms with Crippen LogP contribution in [-0.4, -0.2) is 23.6 Å². The third kappa shape index (κ3) is 2.11. The van der Waals surface area contributed by atoms with E-state index in [0.717, 1.165) is 6.07 Å². The van der Waals surface area contributed by atoms with E-state index in [9.17, 15) is 13.2 Å².